The van der Waals surface area contributed by atoms with Crippen LogP contribution in [0.15, 0.2) is 0 Å². The molecule has 0 aromatic heterocycles. The van der Waals surface area contributed by atoms with Gasteiger partial charge in [-0.25, -0.2) is 0 Å². The Morgan fingerprint density at radius 1 is 0.682 bits per heavy atom. The van der Waals surface area contributed by atoms with Crippen molar-refractivity contribution >= 4 is 10.4 Å². The zero-order valence-corrected chi connectivity index (χ0v) is 9.96. The second kappa shape index (κ2) is 5.31. The maximum Gasteiger partial charge on any atom is 0.464 e. The van der Waals surface area contributed by atoms with Gasteiger partial charge in [-0.2, -0.15) is 60.9 Å². The highest BCUT2D eigenvalue weighted by Gasteiger charge is 2.80. The van der Waals surface area contributed by atoms with Crippen LogP contribution < -0.4 is 0 Å². The number of rotatable bonds is 5. The maximum absolute atomic E-state index is 12.7. The van der Waals surface area contributed by atoms with Crippen LogP contribution in [0.1, 0.15) is 0 Å². The Morgan fingerprint density at radius 2 is 1.00 bits per heavy atom. The molecule has 0 saturated carbocycles. The smallest absolute Gasteiger partial charge is 0.263 e. The standard InChI is InChI=1S/C5HF11O5S/c6-1(2(7,8)9,3(10,11)12)20-4(13,14)5(15,16)21-22(17,18)19/h(H,17,18,19). The van der Waals surface area contributed by atoms with Crippen LogP contribution in [-0.4, -0.2) is 43.4 Å². The summed E-state index contributed by atoms with van der Waals surface area (Å²) in [5, 5.41) is 0. The Morgan fingerprint density at radius 3 is 1.23 bits per heavy atom. The molecule has 0 saturated heterocycles. The van der Waals surface area contributed by atoms with Gasteiger partial charge in [0.2, 0.25) is 0 Å². The Labute approximate surface area is 112 Å². The van der Waals surface area contributed by atoms with Gasteiger partial charge in [0.25, 0.3) is 0 Å². The molecular formula is C5HF11O5S. The molecule has 0 aliphatic heterocycles. The van der Waals surface area contributed by atoms with Crippen molar-refractivity contribution < 1.29 is 70.2 Å². The van der Waals surface area contributed by atoms with Gasteiger partial charge in [-0.3, -0.25) is 9.29 Å². The highest BCUT2D eigenvalue weighted by atomic mass is 32.3. The number of halogens is 11. The third-order valence-corrected chi connectivity index (χ3v) is 1.97. The topological polar surface area (TPSA) is 72.8 Å². The number of ether oxygens (including phenoxy) is 1. The number of alkyl halides is 11. The van der Waals surface area contributed by atoms with E-state index in [4.69, 9.17) is 4.55 Å². The van der Waals surface area contributed by atoms with Crippen LogP contribution >= 0.6 is 0 Å². The first kappa shape index (κ1) is 21.1. The quantitative estimate of drug-likeness (QED) is 0.585. The highest BCUT2D eigenvalue weighted by Crippen LogP contribution is 2.52. The zero-order chi connectivity index (χ0) is 18.4. The molecule has 0 spiro atoms. The van der Waals surface area contributed by atoms with Crippen LogP contribution in [0.25, 0.3) is 0 Å². The largest absolute Gasteiger partial charge is 0.464 e. The summed E-state index contributed by atoms with van der Waals surface area (Å²) in [6, 6.07) is 0. The van der Waals surface area contributed by atoms with Crippen molar-refractivity contribution in [3.05, 3.63) is 0 Å². The van der Waals surface area contributed by atoms with Crippen LogP contribution in [0.2, 0.25) is 0 Å². The molecule has 0 unspecified atom stereocenters. The van der Waals surface area contributed by atoms with Gasteiger partial charge in [-0.15, -0.1) is 0 Å². The van der Waals surface area contributed by atoms with Crippen LogP contribution in [0.4, 0.5) is 48.3 Å². The fourth-order valence-corrected chi connectivity index (χ4v) is 1.05. The van der Waals surface area contributed by atoms with Gasteiger partial charge in [0.05, 0.1) is 0 Å². The molecule has 134 valence electrons. The van der Waals surface area contributed by atoms with E-state index in [9.17, 15) is 56.7 Å². The highest BCUT2D eigenvalue weighted by molar-refractivity contribution is 7.80. The second-order valence-electron chi connectivity index (χ2n) is 3.24. The molecule has 0 bridgehead atoms. The molecule has 0 fully saturated rings. The van der Waals surface area contributed by atoms with E-state index < -0.39 is 40.8 Å². The number of hydrogen-bond donors (Lipinski definition) is 1. The van der Waals surface area contributed by atoms with E-state index in [1.807, 2.05) is 4.18 Å². The van der Waals surface area contributed by atoms with Crippen molar-refractivity contribution in [3.8, 4) is 0 Å². The Balaban J connectivity index is 5.83. The average Bonchev–Trinajstić information content (AvgIpc) is 2.08. The molecule has 0 aliphatic rings. The first-order valence-corrected chi connectivity index (χ1v) is 5.49. The van der Waals surface area contributed by atoms with E-state index in [2.05, 4.69) is 0 Å². The molecule has 5 nitrogen and oxygen atoms in total. The Kier molecular flexibility index (Phi) is 5.08. The van der Waals surface area contributed by atoms with Gasteiger partial charge in [0.1, 0.15) is 0 Å². The molecule has 0 heterocycles. The average molecular weight is 382 g/mol. The minimum absolute atomic E-state index is 1.46. The maximum atomic E-state index is 12.7. The normalized spacial score (nSPS) is 16.0. The molecule has 0 radical (unpaired) electrons. The third-order valence-electron chi connectivity index (χ3n) is 1.55. The summed E-state index contributed by atoms with van der Waals surface area (Å²) in [6.07, 6.45) is -28.5. The van der Waals surface area contributed by atoms with Gasteiger partial charge >= 0.3 is 40.8 Å². The van der Waals surface area contributed by atoms with Crippen molar-refractivity contribution in [2.24, 2.45) is 0 Å². The van der Waals surface area contributed by atoms with Crippen molar-refractivity contribution in [2.45, 2.75) is 30.4 Å². The minimum atomic E-state index is -7.30. The van der Waals surface area contributed by atoms with Gasteiger partial charge < -0.3 is 0 Å². The molecule has 0 aromatic carbocycles. The summed E-state index contributed by atoms with van der Waals surface area (Å²) in [7, 11) is -6.49. The van der Waals surface area contributed by atoms with E-state index in [0.717, 1.165) is 0 Å². The summed E-state index contributed by atoms with van der Waals surface area (Å²) >= 11 is 0. The lowest BCUT2D eigenvalue weighted by molar-refractivity contribution is -0.519. The first-order chi connectivity index (χ1) is 9.16. The number of hydrogen-bond acceptors (Lipinski definition) is 4. The van der Waals surface area contributed by atoms with Gasteiger partial charge in [0.15, 0.2) is 0 Å². The minimum Gasteiger partial charge on any atom is -0.263 e. The lowest BCUT2D eigenvalue weighted by atomic mass is 10.3. The summed E-state index contributed by atoms with van der Waals surface area (Å²) in [6.45, 7) is 0. The molecule has 1 N–H and O–H groups in total. The van der Waals surface area contributed by atoms with E-state index in [1.54, 1.807) is 0 Å². The first-order valence-electron chi connectivity index (χ1n) is 4.12. The fraction of sp³-hybridized carbons (Fsp3) is 1.00. The molecule has 0 rings (SSSR count). The van der Waals surface area contributed by atoms with Crippen LogP contribution in [0.5, 0.6) is 0 Å². The molecule has 0 atom stereocenters. The lowest BCUT2D eigenvalue weighted by Gasteiger charge is -2.34. The van der Waals surface area contributed by atoms with Crippen molar-refractivity contribution in [3.63, 3.8) is 0 Å². The summed E-state index contributed by atoms with van der Waals surface area (Å²) < 4.78 is 164. The Bertz CT molecular complexity index is 490. The SMILES string of the molecule is O=S(=O)(O)OC(F)(F)C(F)(F)OC(F)(C(F)(F)F)C(F)(F)F. The molecule has 0 amide bonds. The lowest BCUT2D eigenvalue weighted by Crippen LogP contribution is -2.61. The van der Waals surface area contributed by atoms with Crippen LogP contribution in [-0.2, 0) is 19.3 Å². The Hall–Kier alpha value is -0.940. The van der Waals surface area contributed by atoms with E-state index in [-0.39, 0.29) is 0 Å². The summed E-state index contributed by atoms with van der Waals surface area (Å²) in [5.74, 6) is -7.30. The van der Waals surface area contributed by atoms with Crippen LogP contribution in [0.3, 0.4) is 0 Å². The van der Waals surface area contributed by atoms with E-state index >= 15 is 0 Å². The van der Waals surface area contributed by atoms with Gasteiger partial charge in [-0.05, 0) is 0 Å². The van der Waals surface area contributed by atoms with E-state index in [0.29, 0.717) is 0 Å². The third kappa shape index (κ3) is 4.29. The molecule has 17 heteroatoms. The molecule has 0 aliphatic carbocycles. The summed E-state index contributed by atoms with van der Waals surface area (Å²) in [5.41, 5.74) is 0. The second-order valence-corrected chi connectivity index (χ2v) is 4.26. The predicted octanol–water partition coefficient (Wildman–Crippen LogP) is 2.80. The van der Waals surface area contributed by atoms with E-state index in [1.165, 1.54) is 4.74 Å². The molecule has 22 heavy (non-hydrogen) atoms. The van der Waals surface area contributed by atoms with Gasteiger partial charge in [0, 0.05) is 0 Å². The van der Waals surface area contributed by atoms with Crippen LogP contribution in [0, 0.1) is 0 Å². The monoisotopic (exact) mass is 382 g/mol. The van der Waals surface area contributed by atoms with Crippen molar-refractivity contribution in [2.75, 3.05) is 0 Å². The van der Waals surface area contributed by atoms with Crippen molar-refractivity contribution in [1.29, 1.82) is 0 Å². The zero-order valence-electron chi connectivity index (χ0n) is 9.15. The predicted molar refractivity (Wildman–Crippen MR) is 39.6 cm³/mol. The van der Waals surface area contributed by atoms with Crippen molar-refractivity contribution in [1.82, 2.24) is 0 Å². The summed E-state index contributed by atoms with van der Waals surface area (Å²) in [4.78, 5) is 0. The molecular weight excluding hydrogens is 381 g/mol. The fourth-order valence-electron chi connectivity index (χ4n) is 0.693. The van der Waals surface area contributed by atoms with Gasteiger partial charge in [-0.1, -0.05) is 0 Å². The molecule has 0 aromatic rings.